The molecule has 5 nitrogen and oxygen atoms in total. The summed E-state index contributed by atoms with van der Waals surface area (Å²) in [6.45, 7) is 1.68. The molecule has 1 saturated carbocycles. The fraction of sp³-hybridized carbons (Fsp3) is 0.556. The number of aliphatic hydroxyl groups is 1. The zero-order chi connectivity index (χ0) is 16.1. The van der Waals surface area contributed by atoms with E-state index in [4.69, 9.17) is 5.26 Å². The van der Waals surface area contributed by atoms with E-state index in [1.807, 2.05) is 22.9 Å². The Morgan fingerprint density at radius 1 is 1.35 bits per heavy atom. The van der Waals surface area contributed by atoms with Crippen molar-refractivity contribution in [3.05, 3.63) is 35.8 Å². The molecule has 122 valence electrons. The number of nitrogens with zero attached hydrogens (tertiary/aromatic N) is 3. The molecule has 0 amide bonds. The second-order valence-corrected chi connectivity index (χ2v) is 6.44. The molecule has 5 heteroatoms. The van der Waals surface area contributed by atoms with Gasteiger partial charge in [0.2, 0.25) is 0 Å². The fourth-order valence-corrected chi connectivity index (χ4v) is 3.46. The Kier molecular flexibility index (Phi) is 5.27. The highest BCUT2D eigenvalue weighted by Crippen LogP contribution is 2.27. The van der Waals surface area contributed by atoms with Crippen LogP contribution in [0.2, 0.25) is 0 Å². The van der Waals surface area contributed by atoms with E-state index in [0.717, 1.165) is 43.7 Å². The van der Waals surface area contributed by atoms with E-state index in [9.17, 15) is 5.11 Å². The smallest absolute Gasteiger partial charge is 0.137 e. The molecule has 0 saturated heterocycles. The standard InChI is InChI=1S/C18H24N4O/c19-10-14-7-8-18-21-12-16(22(18)13-14)11-20-9-3-5-15-4-1-2-6-17(15)23/h7-8,12-13,15,17,20,23H,1-6,9,11H2. The number of hydrogen-bond acceptors (Lipinski definition) is 4. The van der Waals surface area contributed by atoms with Gasteiger partial charge in [-0.15, -0.1) is 0 Å². The van der Waals surface area contributed by atoms with Gasteiger partial charge in [-0.3, -0.25) is 0 Å². The molecule has 1 fully saturated rings. The zero-order valence-electron chi connectivity index (χ0n) is 13.4. The van der Waals surface area contributed by atoms with Crippen LogP contribution in [-0.4, -0.2) is 27.1 Å². The summed E-state index contributed by atoms with van der Waals surface area (Å²) >= 11 is 0. The topological polar surface area (TPSA) is 73.3 Å². The van der Waals surface area contributed by atoms with Crippen molar-refractivity contribution in [2.24, 2.45) is 5.92 Å². The molecule has 0 spiro atoms. The Bertz CT molecular complexity index is 688. The van der Waals surface area contributed by atoms with Gasteiger partial charge in [-0.2, -0.15) is 5.26 Å². The van der Waals surface area contributed by atoms with Crippen molar-refractivity contribution >= 4 is 5.65 Å². The number of imidazole rings is 1. The molecule has 2 unspecified atom stereocenters. The first kappa shape index (κ1) is 16.0. The molecule has 2 aromatic rings. The lowest BCUT2D eigenvalue weighted by atomic mass is 9.83. The van der Waals surface area contributed by atoms with E-state index in [0.29, 0.717) is 11.5 Å². The highest BCUT2D eigenvalue weighted by atomic mass is 16.3. The van der Waals surface area contributed by atoms with Gasteiger partial charge in [0.1, 0.15) is 11.7 Å². The predicted molar refractivity (Wildman–Crippen MR) is 88.8 cm³/mol. The number of rotatable bonds is 6. The van der Waals surface area contributed by atoms with Crippen molar-refractivity contribution in [2.75, 3.05) is 6.54 Å². The summed E-state index contributed by atoms with van der Waals surface area (Å²) in [7, 11) is 0. The Balaban J connectivity index is 1.46. The first-order chi connectivity index (χ1) is 11.3. The number of fused-ring (bicyclic) bond motifs is 1. The summed E-state index contributed by atoms with van der Waals surface area (Å²) in [4.78, 5) is 4.36. The molecule has 0 radical (unpaired) electrons. The van der Waals surface area contributed by atoms with Crippen molar-refractivity contribution in [1.82, 2.24) is 14.7 Å². The van der Waals surface area contributed by atoms with Crippen molar-refractivity contribution < 1.29 is 5.11 Å². The van der Waals surface area contributed by atoms with Crippen LogP contribution in [0.15, 0.2) is 24.5 Å². The van der Waals surface area contributed by atoms with Crippen LogP contribution in [0, 0.1) is 17.2 Å². The molecule has 2 N–H and O–H groups in total. The minimum Gasteiger partial charge on any atom is -0.393 e. The average Bonchev–Trinajstić information content (AvgIpc) is 2.98. The van der Waals surface area contributed by atoms with Crippen LogP contribution in [0.25, 0.3) is 5.65 Å². The molecular formula is C18H24N4O. The van der Waals surface area contributed by atoms with Gasteiger partial charge >= 0.3 is 0 Å². The molecule has 0 bridgehead atoms. The maximum atomic E-state index is 9.99. The Morgan fingerprint density at radius 3 is 3.04 bits per heavy atom. The second kappa shape index (κ2) is 7.58. The van der Waals surface area contributed by atoms with Crippen LogP contribution >= 0.6 is 0 Å². The van der Waals surface area contributed by atoms with Crippen LogP contribution in [0.4, 0.5) is 0 Å². The van der Waals surface area contributed by atoms with E-state index in [1.165, 1.54) is 19.3 Å². The van der Waals surface area contributed by atoms with Crippen LogP contribution < -0.4 is 5.32 Å². The first-order valence-corrected chi connectivity index (χ1v) is 8.53. The van der Waals surface area contributed by atoms with Crippen molar-refractivity contribution in [3.63, 3.8) is 0 Å². The van der Waals surface area contributed by atoms with Gasteiger partial charge in [-0.25, -0.2) is 4.98 Å². The lowest BCUT2D eigenvalue weighted by molar-refractivity contribution is 0.0643. The van der Waals surface area contributed by atoms with Gasteiger partial charge in [0.05, 0.1) is 23.6 Å². The molecule has 1 aliphatic rings. The number of hydrogen-bond donors (Lipinski definition) is 2. The average molecular weight is 312 g/mol. The second-order valence-electron chi connectivity index (χ2n) is 6.44. The third kappa shape index (κ3) is 3.90. The molecule has 2 heterocycles. The predicted octanol–water partition coefficient (Wildman–Crippen LogP) is 2.63. The minimum absolute atomic E-state index is 0.0908. The fourth-order valence-electron chi connectivity index (χ4n) is 3.46. The molecule has 3 rings (SSSR count). The van der Waals surface area contributed by atoms with Crippen molar-refractivity contribution in [2.45, 2.75) is 51.2 Å². The van der Waals surface area contributed by atoms with Gasteiger partial charge in [0.15, 0.2) is 0 Å². The number of aliphatic hydroxyl groups excluding tert-OH is 1. The summed E-state index contributed by atoms with van der Waals surface area (Å²) in [6.07, 6.45) is 10.4. The lowest BCUT2D eigenvalue weighted by Gasteiger charge is -2.27. The molecule has 0 aliphatic heterocycles. The summed E-state index contributed by atoms with van der Waals surface area (Å²) in [5.41, 5.74) is 2.57. The summed E-state index contributed by atoms with van der Waals surface area (Å²) in [5.74, 6) is 0.486. The third-order valence-electron chi connectivity index (χ3n) is 4.81. The monoisotopic (exact) mass is 312 g/mol. The summed E-state index contributed by atoms with van der Waals surface area (Å²) in [5, 5.41) is 22.4. The number of nitrogens with one attached hydrogen (secondary N) is 1. The van der Waals surface area contributed by atoms with E-state index >= 15 is 0 Å². The minimum atomic E-state index is -0.0908. The molecular weight excluding hydrogens is 288 g/mol. The Hall–Kier alpha value is -1.90. The SMILES string of the molecule is N#Cc1ccc2ncc(CNCCCC3CCCCC3O)n2c1. The van der Waals surface area contributed by atoms with Gasteiger partial charge in [0.25, 0.3) is 0 Å². The van der Waals surface area contributed by atoms with Crippen molar-refractivity contribution in [1.29, 1.82) is 5.26 Å². The number of pyridine rings is 1. The first-order valence-electron chi connectivity index (χ1n) is 8.53. The highest BCUT2D eigenvalue weighted by Gasteiger charge is 2.22. The third-order valence-corrected chi connectivity index (χ3v) is 4.81. The summed E-state index contributed by atoms with van der Waals surface area (Å²) in [6, 6.07) is 5.81. The maximum absolute atomic E-state index is 9.99. The molecule has 23 heavy (non-hydrogen) atoms. The molecule has 1 aliphatic carbocycles. The normalized spacial score (nSPS) is 21.4. The Labute approximate surface area is 137 Å². The Morgan fingerprint density at radius 2 is 2.22 bits per heavy atom. The van der Waals surface area contributed by atoms with E-state index in [1.54, 1.807) is 6.07 Å². The number of nitriles is 1. The van der Waals surface area contributed by atoms with Gasteiger partial charge < -0.3 is 14.8 Å². The van der Waals surface area contributed by atoms with Crippen molar-refractivity contribution in [3.8, 4) is 6.07 Å². The quantitative estimate of drug-likeness (QED) is 0.804. The van der Waals surface area contributed by atoms with Gasteiger partial charge in [-0.05, 0) is 50.3 Å². The van der Waals surface area contributed by atoms with Gasteiger partial charge in [-0.1, -0.05) is 12.8 Å². The van der Waals surface area contributed by atoms with Crippen LogP contribution in [0.5, 0.6) is 0 Å². The summed E-state index contributed by atoms with van der Waals surface area (Å²) < 4.78 is 1.97. The molecule has 0 aromatic carbocycles. The highest BCUT2D eigenvalue weighted by molar-refractivity contribution is 5.44. The molecule has 2 aromatic heterocycles. The van der Waals surface area contributed by atoms with E-state index in [-0.39, 0.29) is 6.10 Å². The lowest BCUT2D eigenvalue weighted by Crippen LogP contribution is -2.25. The zero-order valence-corrected chi connectivity index (χ0v) is 13.4. The number of aromatic nitrogens is 2. The van der Waals surface area contributed by atoms with Crippen LogP contribution in [-0.2, 0) is 6.54 Å². The molecule has 2 atom stereocenters. The van der Waals surface area contributed by atoms with E-state index < -0.39 is 0 Å². The van der Waals surface area contributed by atoms with Gasteiger partial charge in [0, 0.05) is 12.7 Å². The van der Waals surface area contributed by atoms with Crippen LogP contribution in [0.1, 0.15) is 49.8 Å². The van der Waals surface area contributed by atoms with Crippen LogP contribution in [0.3, 0.4) is 0 Å². The van der Waals surface area contributed by atoms with E-state index in [2.05, 4.69) is 16.4 Å². The largest absolute Gasteiger partial charge is 0.393 e. The maximum Gasteiger partial charge on any atom is 0.137 e.